The van der Waals surface area contributed by atoms with Gasteiger partial charge in [0.2, 0.25) is 12.8 Å². The number of hydrogen-bond donors (Lipinski definition) is 14. The van der Waals surface area contributed by atoms with E-state index in [1.54, 1.807) is 6.92 Å². The first-order valence-electron chi connectivity index (χ1n) is 20.1. The molecule has 0 aromatic heterocycles. The van der Waals surface area contributed by atoms with Gasteiger partial charge in [-0.15, -0.1) is 0 Å². The predicted octanol–water partition coefficient (Wildman–Crippen LogP) is -4.53. The van der Waals surface area contributed by atoms with E-state index >= 15 is 0 Å². The zero-order valence-electron chi connectivity index (χ0n) is 36.2. The van der Waals surface area contributed by atoms with Gasteiger partial charge < -0.3 is 82.1 Å². The number of carbonyl (C=O) groups excluding carboxylic acids is 6. The molecule has 0 fully saturated rings. The molecule has 22 nitrogen and oxygen atoms in total. The van der Waals surface area contributed by atoms with Crippen LogP contribution in [0.1, 0.15) is 81.7 Å². The lowest BCUT2D eigenvalue weighted by Crippen LogP contribution is -2.46. The molecule has 2 unspecified atom stereocenters. The molecule has 2 atom stereocenters. The fourth-order valence-corrected chi connectivity index (χ4v) is 7.44. The van der Waals surface area contributed by atoms with Crippen LogP contribution in [0.2, 0.25) is 0 Å². The van der Waals surface area contributed by atoms with Gasteiger partial charge in [0.15, 0.2) is 0 Å². The second-order valence-corrected chi connectivity index (χ2v) is 14.9. The molecule has 2 rings (SSSR count). The summed E-state index contributed by atoms with van der Waals surface area (Å²) in [6.07, 6.45) is -3.22. The molecular weight excluding hydrogens is 832 g/mol. The molecule has 0 saturated carbocycles. The summed E-state index contributed by atoms with van der Waals surface area (Å²) in [5.41, 5.74) is -0.120. The Hall–Kier alpha value is -5.14. The Morgan fingerprint density at radius 1 is 0.460 bits per heavy atom. The highest BCUT2D eigenvalue weighted by Gasteiger charge is 2.34. The van der Waals surface area contributed by atoms with Crippen molar-refractivity contribution >= 4 is 47.8 Å². The molecule has 2 aromatic rings. The number of benzene rings is 2. The number of carbonyl (C=O) groups is 6. The molecule has 0 bridgehead atoms. The summed E-state index contributed by atoms with van der Waals surface area (Å²) < 4.78 is 0. The highest BCUT2D eigenvalue weighted by atomic mass is 16.3. The molecule has 352 valence electrons. The van der Waals surface area contributed by atoms with Gasteiger partial charge in [0.25, 0.3) is 23.6 Å². The maximum atomic E-state index is 13.8. The van der Waals surface area contributed by atoms with Crippen molar-refractivity contribution in [3.63, 3.8) is 0 Å². The highest BCUT2D eigenvalue weighted by Crippen LogP contribution is 2.37. The number of hydrogen-bond acceptors (Lipinski definition) is 16. The standard InChI is InChI=1S/C41H62N6O16/c1-7-29-35(41(63)45-28(16-54)17-55)21(3)34(40(62)44-27(14-52)15-53)24(6)37(29)47(19-57)9-31(59)30(58)8-46(18-56)36-22(4)32(38(60)42-25(10-48)11-49)20(2)33(23(36)5)39(61)43-26(12-50)13-51/h18-19,25-28,30-31,48-55,58-59H,7-17H2,1-6H3,(H,42,60)(H,43,61)(H,44,62)(H,45,63). The molecule has 14 N–H and O–H groups in total. The van der Waals surface area contributed by atoms with Gasteiger partial charge >= 0.3 is 0 Å². The lowest BCUT2D eigenvalue weighted by atomic mass is 9.87. The molecule has 0 aliphatic rings. The third-order valence-electron chi connectivity index (χ3n) is 10.7. The van der Waals surface area contributed by atoms with E-state index in [2.05, 4.69) is 21.3 Å². The number of aliphatic hydroxyl groups excluding tert-OH is 10. The van der Waals surface area contributed by atoms with Gasteiger partial charge in [0.05, 0.1) is 114 Å². The first-order valence-corrected chi connectivity index (χ1v) is 20.1. The first-order chi connectivity index (χ1) is 29.9. The lowest BCUT2D eigenvalue weighted by Gasteiger charge is -2.33. The van der Waals surface area contributed by atoms with Gasteiger partial charge in [-0.2, -0.15) is 0 Å². The molecule has 2 aromatic carbocycles. The van der Waals surface area contributed by atoms with Crippen LogP contribution >= 0.6 is 0 Å². The molecule has 0 spiro atoms. The SMILES string of the molecule is CCc1c(C(=O)NC(CO)CO)c(C)c(C(=O)NC(CO)CO)c(C)c1N(C=O)CC(O)C(O)CN(C=O)c1c(C)c(C(=O)NC(CO)CO)c(C)c(C(=O)NC(CO)CO)c1C. The molecule has 6 amide bonds. The summed E-state index contributed by atoms with van der Waals surface area (Å²) in [4.78, 5) is 82.4. The Morgan fingerprint density at radius 3 is 0.984 bits per heavy atom. The van der Waals surface area contributed by atoms with E-state index < -0.39 is 126 Å². The molecule has 0 heterocycles. The number of nitrogens with one attached hydrogen (secondary N) is 4. The van der Waals surface area contributed by atoms with Gasteiger partial charge in [-0.25, -0.2) is 0 Å². The van der Waals surface area contributed by atoms with E-state index in [4.69, 9.17) is 0 Å². The van der Waals surface area contributed by atoms with Crippen LogP contribution in [0, 0.1) is 34.6 Å². The van der Waals surface area contributed by atoms with Crippen molar-refractivity contribution in [3.05, 3.63) is 55.6 Å². The van der Waals surface area contributed by atoms with Crippen molar-refractivity contribution in [2.45, 2.75) is 84.3 Å². The lowest BCUT2D eigenvalue weighted by molar-refractivity contribution is -0.109. The molecule has 0 saturated heterocycles. The third-order valence-corrected chi connectivity index (χ3v) is 10.7. The van der Waals surface area contributed by atoms with Crippen LogP contribution < -0.4 is 31.1 Å². The van der Waals surface area contributed by atoms with Gasteiger partial charge in [0, 0.05) is 22.3 Å². The summed E-state index contributed by atoms with van der Waals surface area (Å²) in [6.45, 7) is 2.09. The van der Waals surface area contributed by atoms with Crippen LogP contribution in [0.5, 0.6) is 0 Å². The molecular formula is C41H62N6O16. The van der Waals surface area contributed by atoms with E-state index in [1.807, 2.05) is 0 Å². The van der Waals surface area contributed by atoms with Crippen molar-refractivity contribution in [1.82, 2.24) is 21.3 Å². The van der Waals surface area contributed by atoms with Crippen LogP contribution in [0.25, 0.3) is 0 Å². The number of aliphatic hydroxyl groups is 10. The average Bonchev–Trinajstić information content (AvgIpc) is 3.26. The van der Waals surface area contributed by atoms with Crippen LogP contribution in [0.3, 0.4) is 0 Å². The molecule has 63 heavy (non-hydrogen) atoms. The highest BCUT2D eigenvalue weighted by molar-refractivity contribution is 6.08. The monoisotopic (exact) mass is 894 g/mol. The minimum Gasteiger partial charge on any atom is -0.394 e. The number of amides is 6. The van der Waals surface area contributed by atoms with Crippen LogP contribution in [-0.4, -0.2) is 190 Å². The fourth-order valence-electron chi connectivity index (χ4n) is 7.44. The van der Waals surface area contributed by atoms with E-state index in [-0.39, 0.29) is 86.3 Å². The molecule has 0 aliphatic heterocycles. The van der Waals surface area contributed by atoms with Gasteiger partial charge in [-0.3, -0.25) is 28.8 Å². The smallest absolute Gasteiger partial charge is 0.252 e. The minimum atomic E-state index is -1.89. The Kier molecular flexibility index (Phi) is 21.6. The van der Waals surface area contributed by atoms with Gasteiger partial charge in [-0.1, -0.05) is 6.92 Å². The Balaban J connectivity index is 2.80. The van der Waals surface area contributed by atoms with Crippen molar-refractivity contribution in [1.29, 1.82) is 0 Å². The van der Waals surface area contributed by atoms with Crippen molar-refractivity contribution in [2.24, 2.45) is 0 Å². The normalized spacial score (nSPS) is 12.4. The summed E-state index contributed by atoms with van der Waals surface area (Å²) in [5, 5.41) is 110. The first kappa shape index (κ1) is 54.0. The van der Waals surface area contributed by atoms with Crippen molar-refractivity contribution in [3.8, 4) is 0 Å². The summed E-state index contributed by atoms with van der Waals surface area (Å²) in [5.74, 6) is -3.44. The van der Waals surface area contributed by atoms with E-state index in [0.29, 0.717) is 0 Å². The van der Waals surface area contributed by atoms with Crippen LogP contribution in [0.15, 0.2) is 0 Å². The zero-order chi connectivity index (χ0) is 47.9. The Morgan fingerprint density at radius 2 is 0.714 bits per heavy atom. The largest absolute Gasteiger partial charge is 0.394 e. The van der Waals surface area contributed by atoms with Crippen molar-refractivity contribution in [2.75, 3.05) is 75.7 Å². The van der Waals surface area contributed by atoms with Gasteiger partial charge in [0.1, 0.15) is 0 Å². The summed E-state index contributed by atoms with van der Waals surface area (Å²) in [7, 11) is 0. The molecule has 0 radical (unpaired) electrons. The fraction of sp³-hybridized carbons (Fsp3) is 0.561. The minimum absolute atomic E-state index is 0.0366. The topological polar surface area (TPSA) is 359 Å². The molecule has 0 aliphatic carbocycles. The number of rotatable bonds is 26. The Labute approximate surface area is 364 Å². The quantitative estimate of drug-likeness (QED) is 0.0396. The second-order valence-electron chi connectivity index (χ2n) is 14.9. The van der Waals surface area contributed by atoms with Crippen molar-refractivity contribution < 1.29 is 79.8 Å². The number of nitrogens with zero attached hydrogens (tertiary/aromatic N) is 2. The maximum absolute atomic E-state index is 13.8. The van der Waals surface area contributed by atoms with E-state index in [1.165, 1.54) is 34.6 Å². The van der Waals surface area contributed by atoms with E-state index in [0.717, 1.165) is 9.80 Å². The summed E-state index contributed by atoms with van der Waals surface area (Å²) >= 11 is 0. The van der Waals surface area contributed by atoms with Crippen LogP contribution in [0.4, 0.5) is 11.4 Å². The molecule has 22 heteroatoms. The average molecular weight is 895 g/mol. The Bertz CT molecular complexity index is 1880. The second kappa shape index (κ2) is 25.2. The van der Waals surface area contributed by atoms with Crippen LogP contribution in [-0.2, 0) is 16.0 Å². The van der Waals surface area contributed by atoms with E-state index in [9.17, 15) is 79.8 Å². The third kappa shape index (κ3) is 12.5. The summed E-state index contributed by atoms with van der Waals surface area (Å²) in [6, 6.07) is -4.49. The zero-order valence-corrected chi connectivity index (χ0v) is 36.2. The number of anilines is 2. The predicted molar refractivity (Wildman–Crippen MR) is 226 cm³/mol. The van der Waals surface area contributed by atoms with Gasteiger partial charge in [-0.05, 0) is 74.4 Å². The maximum Gasteiger partial charge on any atom is 0.252 e.